The van der Waals surface area contributed by atoms with Gasteiger partial charge in [0.05, 0.1) is 24.6 Å². The van der Waals surface area contributed by atoms with Gasteiger partial charge < -0.3 is 8.83 Å². The largest absolute Gasteiger partial charge is 0.468 e. The molecule has 19 heavy (non-hydrogen) atoms. The molecule has 1 fully saturated rings. The molecule has 4 nitrogen and oxygen atoms in total. The molecule has 1 N–H and O–H groups in total. The molecule has 2 aromatic heterocycles. The maximum Gasteiger partial charge on any atom is 0.140 e. The fourth-order valence-corrected chi connectivity index (χ4v) is 2.81. The lowest BCUT2D eigenvalue weighted by molar-refractivity contribution is -0.127. The molecule has 100 valence electrons. The lowest BCUT2D eigenvalue weighted by atomic mass is 9.82. The normalized spacial score (nSPS) is 27.6. The van der Waals surface area contributed by atoms with Crippen LogP contribution in [0.3, 0.4) is 0 Å². The van der Waals surface area contributed by atoms with Gasteiger partial charge in [0, 0.05) is 12.3 Å². The van der Waals surface area contributed by atoms with Crippen molar-refractivity contribution in [2.45, 2.75) is 31.8 Å². The molecule has 0 saturated carbocycles. The van der Waals surface area contributed by atoms with E-state index in [0.717, 1.165) is 17.9 Å². The van der Waals surface area contributed by atoms with Gasteiger partial charge in [-0.15, -0.1) is 0 Å². The third-order valence-corrected chi connectivity index (χ3v) is 3.78. The number of carbonyl (C=O) groups is 1. The number of piperidine rings is 1. The lowest BCUT2D eigenvalue weighted by Crippen LogP contribution is -2.41. The van der Waals surface area contributed by atoms with Crippen LogP contribution >= 0.6 is 0 Å². The van der Waals surface area contributed by atoms with Gasteiger partial charge in [-0.25, -0.2) is 0 Å². The molecule has 3 atom stereocenters. The fraction of sp³-hybridized carbons (Fsp3) is 0.400. The molecule has 3 rings (SSSR count). The van der Waals surface area contributed by atoms with Crippen LogP contribution in [0.4, 0.5) is 0 Å². The van der Waals surface area contributed by atoms with E-state index in [2.05, 4.69) is 5.32 Å². The fourth-order valence-electron chi connectivity index (χ4n) is 2.81. The van der Waals surface area contributed by atoms with Gasteiger partial charge in [0.25, 0.3) is 0 Å². The van der Waals surface area contributed by atoms with Crippen LogP contribution in [0.15, 0.2) is 45.6 Å². The number of hydrogen-bond donors (Lipinski definition) is 1. The van der Waals surface area contributed by atoms with Gasteiger partial charge in [-0.2, -0.15) is 0 Å². The molecule has 0 radical (unpaired) electrons. The second-order valence-electron chi connectivity index (χ2n) is 4.91. The van der Waals surface area contributed by atoms with Crippen molar-refractivity contribution >= 4 is 5.78 Å². The monoisotopic (exact) mass is 259 g/mol. The van der Waals surface area contributed by atoms with Crippen molar-refractivity contribution in [1.29, 1.82) is 0 Å². The van der Waals surface area contributed by atoms with Crippen LogP contribution in [0.1, 0.15) is 43.4 Å². The van der Waals surface area contributed by atoms with Gasteiger partial charge in [-0.3, -0.25) is 10.1 Å². The molecule has 0 spiro atoms. The van der Waals surface area contributed by atoms with Crippen LogP contribution < -0.4 is 5.32 Å². The second kappa shape index (κ2) is 5.05. The Labute approximate surface area is 111 Å². The van der Waals surface area contributed by atoms with Gasteiger partial charge in [-0.05, 0) is 30.7 Å². The van der Waals surface area contributed by atoms with E-state index in [0.29, 0.717) is 6.42 Å². The van der Waals surface area contributed by atoms with Crippen LogP contribution in [0.2, 0.25) is 0 Å². The highest BCUT2D eigenvalue weighted by Crippen LogP contribution is 2.36. The standard InChI is InChI=1S/C15H17NO3/c1-2-10-12(17)9-11(13-5-3-7-18-13)16-15(10)14-6-4-8-19-14/h3-8,10-11,15-16H,2,9H2,1H3/t10-,11-,15+/m0/s1. The maximum atomic E-state index is 12.3. The Bertz CT molecular complexity index is 530. The summed E-state index contributed by atoms with van der Waals surface area (Å²) in [5.41, 5.74) is 0. The van der Waals surface area contributed by atoms with Gasteiger partial charge in [0.1, 0.15) is 17.3 Å². The quantitative estimate of drug-likeness (QED) is 0.919. The molecular formula is C15H17NO3. The Morgan fingerprint density at radius 3 is 2.47 bits per heavy atom. The summed E-state index contributed by atoms with van der Waals surface area (Å²) in [6, 6.07) is 7.37. The van der Waals surface area contributed by atoms with E-state index in [-0.39, 0.29) is 23.8 Å². The average Bonchev–Trinajstić information content (AvgIpc) is 3.11. The van der Waals surface area contributed by atoms with Crippen molar-refractivity contribution in [1.82, 2.24) is 5.32 Å². The summed E-state index contributed by atoms with van der Waals surface area (Å²) >= 11 is 0. The Kier molecular flexibility index (Phi) is 3.25. The van der Waals surface area contributed by atoms with Gasteiger partial charge in [0.15, 0.2) is 0 Å². The summed E-state index contributed by atoms with van der Waals surface area (Å²) in [6.45, 7) is 2.04. The molecule has 3 heterocycles. The molecule has 0 bridgehead atoms. The number of hydrogen-bond acceptors (Lipinski definition) is 4. The Morgan fingerprint density at radius 2 is 1.89 bits per heavy atom. The third kappa shape index (κ3) is 2.24. The molecule has 1 aliphatic rings. The van der Waals surface area contributed by atoms with Crippen LogP contribution in [0, 0.1) is 5.92 Å². The van der Waals surface area contributed by atoms with E-state index in [1.807, 2.05) is 31.2 Å². The molecular weight excluding hydrogens is 242 g/mol. The van der Waals surface area contributed by atoms with Crippen molar-refractivity contribution in [2.24, 2.45) is 5.92 Å². The predicted molar refractivity (Wildman–Crippen MR) is 69.4 cm³/mol. The van der Waals surface area contributed by atoms with Crippen molar-refractivity contribution in [3.8, 4) is 0 Å². The van der Waals surface area contributed by atoms with Crippen molar-refractivity contribution in [2.75, 3.05) is 0 Å². The molecule has 1 aliphatic heterocycles. The van der Waals surface area contributed by atoms with Crippen molar-refractivity contribution in [3.63, 3.8) is 0 Å². The first-order valence-corrected chi connectivity index (χ1v) is 6.65. The van der Waals surface area contributed by atoms with Gasteiger partial charge in [0.2, 0.25) is 0 Å². The minimum atomic E-state index is -0.0728. The van der Waals surface area contributed by atoms with E-state index in [4.69, 9.17) is 8.83 Å². The Morgan fingerprint density at radius 1 is 1.21 bits per heavy atom. The summed E-state index contributed by atoms with van der Waals surface area (Å²) in [4.78, 5) is 12.3. The first-order valence-electron chi connectivity index (χ1n) is 6.65. The molecule has 0 amide bonds. The Hall–Kier alpha value is -1.81. The smallest absolute Gasteiger partial charge is 0.140 e. The topological polar surface area (TPSA) is 55.4 Å². The highest BCUT2D eigenvalue weighted by Gasteiger charge is 2.38. The SMILES string of the molecule is CC[C@H]1C(=O)C[C@@H](c2ccco2)N[C@H]1c1ccco1. The summed E-state index contributed by atoms with van der Waals surface area (Å²) < 4.78 is 10.9. The summed E-state index contributed by atoms with van der Waals surface area (Å²) in [5, 5.41) is 3.48. The lowest BCUT2D eigenvalue weighted by Gasteiger charge is -2.34. The number of rotatable bonds is 3. The maximum absolute atomic E-state index is 12.3. The number of Topliss-reactive ketones (excluding diaryl/α,β-unsaturated/α-hetero) is 1. The zero-order valence-electron chi connectivity index (χ0n) is 10.8. The average molecular weight is 259 g/mol. The van der Waals surface area contributed by atoms with Crippen molar-refractivity contribution < 1.29 is 13.6 Å². The zero-order valence-corrected chi connectivity index (χ0v) is 10.8. The van der Waals surface area contributed by atoms with E-state index in [1.54, 1.807) is 12.5 Å². The van der Waals surface area contributed by atoms with Crippen LogP contribution in [-0.2, 0) is 4.79 Å². The highest BCUT2D eigenvalue weighted by atomic mass is 16.3. The van der Waals surface area contributed by atoms with E-state index < -0.39 is 0 Å². The molecule has 0 aliphatic carbocycles. The van der Waals surface area contributed by atoms with E-state index in [1.165, 1.54) is 0 Å². The predicted octanol–water partition coefficient (Wildman–Crippen LogP) is 3.24. The van der Waals surface area contributed by atoms with Gasteiger partial charge >= 0.3 is 0 Å². The minimum Gasteiger partial charge on any atom is -0.468 e. The summed E-state index contributed by atoms with van der Waals surface area (Å²) in [7, 11) is 0. The second-order valence-corrected chi connectivity index (χ2v) is 4.91. The Balaban J connectivity index is 1.89. The molecule has 0 unspecified atom stereocenters. The number of furan rings is 2. The van der Waals surface area contributed by atoms with Gasteiger partial charge in [-0.1, -0.05) is 6.92 Å². The van der Waals surface area contributed by atoms with Crippen molar-refractivity contribution in [3.05, 3.63) is 48.3 Å². The minimum absolute atomic E-state index is 0.0302. The molecule has 1 saturated heterocycles. The van der Waals surface area contributed by atoms with Crippen LogP contribution in [0.5, 0.6) is 0 Å². The van der Waals surface area contributed by atoms with Crippen LogP contribution in [0.25, 0.3) is 0 Å². The summed E-state index contributed by atoms with van der Waals surface area (Å²) in [6.07, 6.45) is 4.56. The number of nitrogens with one attached hydrogen (secondary N) is 1. The van der Waals surface area contributed by atoms with E-state index >= 15 is 0 Å². The van der Waals surface area contributed by atoms with Crippen LogP contribution in [-0.4, -0.2) is 5.78 Å². The number of ketones is 1. The molecule has 0 aromatic carbocycles. The first-order chi connectivity index (χ1) is 9.29. The zero-order chi connectivity index (χ0) is 13.2. The third-order valence-electron chi connectivity index (χ3n) is 3.78. The molecule has 2 aromatic rings. The summed E-state index contributed by atoms with van der Waals surface area (Å²) in [5.74, 6) is 1.86. The first kappa shape index (κ1) is 12.2. The molecule has 4 heteroatoms. The highest BCUT2D eigenvalue weighted by molar-refractivity contribution is 5.83. The van der Waals surface area contributed by atoms with E-state index in [9.17, 15) is 4.79 Å². The number of carbonyl (C=O) groups excluding carboxylic acids is 1.